The molecule has 1 aromatic heterocycles. The molecule has 1 aliphatic rings. The van der Waals surface area contributed by atoms with Gasteiger partial charge in [-0.1, -0.05) is 45.2 Å². The first-order valence-electron chi connectivity index (χ1n) is 10.9. The smallest absolute Gasteiger partial charge is 0.360 e. The quantitative estimate of drug-likeness (QED) is 0.753. The molecule has 2 aromatic rings. The number of carboxylic acid groups (broad SMARTS) is 1. The lowest BCUT2D eigenvalue weighted by molar-refractivity contribution is 0.0687. The number of carboxylic acids is 1. The average Bonchev–Trinajstić information content (AvgIpc) is 2.63. The maximum Gasteiger partial charge on any atom is 0.360 e. The van der Waals surface area contributed by atoms with Gasteiger partial charge in [0.05, 0.1) is 11.0 Å². The minimum Gasteiger partial charge on any atom is -0.476 e. The molecule has 0 saturated heterocycles. The van der Waals surface area contributed by atoms with Gasteiger partial charge in [-0.15, -0.1) is 0 Å². The van der Waals surface area contributed by atoms with Crippen molar-refractivity contribution in [1.29, 1.82) is 0 Å². The van der Waals surface area contributed by atoms with E-state index in [0.717, 1.165) is 44.0 Å². The summed E-state index contributed by atoms with van der Waals surface area (Å²) in [6.07, 6.45) is 7.27. The molecule has 158 valence electrons. The third kappa shape index (κ3) is 5.24. The van der Waals surface area contributed by atoms with Gasteiger partial charge in [-0.05, 0) is 50.7 Å². The highest BCUT2D eigenvalue weighted by molar-refractivity contribution is 5.88. The fraction of sp³-hybridized carbons (Fsp3) is 0.609. The van der Waals surface area contributed by atoms with Crippen molar-refractivity contribution in [3.63, 3.8) is 0 Å². The van der Waals surface area contributed by atoms with Crippen LogP contribution in [0.1, 0.15) is 82.2 Å². The number of aromatic carboxylic acids is 1. The van der Waals surface area contributed by atoms with Crippen LogP contribution in [0.3, 0.4) is 0 Å². The van der Waals surface area contributed by atoms with Crippen molar-refractivity contribution in [3.05, 3.63) is 40.3 Å². The predicted octanol–water partition coefficient (Wildman–Crippen LogP) is 4.38. The molecule has 3 rings (SSSR count). The zero-order chi connectivity index (χ0) is 21.0. The van der Waals surface area contributed by atoms with Crippen molar-refractivity contribution in [3.8, 4) is 0 Å². The van der Waals surface area contributed by atoms with E-state index in [1.54, 1.807) is 10.6 Å². The van der Waals surface area contributed by atoms with Crippen LogP contribution >= 0.6 is 0 Å². The number of benzene rings is 1. The highest BCUT2D eigenvalue weighted by atomic mass is 16.4. The van der Waals surface area contributed by atoms with Crippen LogP contribution in [-0.2, 0) is 0 Å². The van der Waals surface area contributed by atoms with Crippen LogP contribution in [0, 0.1) is 5.92 Å². The van der Waals surface area contributed by atoms with E-state index in [2.05, 4.69) is 31.1 Å². The Bertz CT molecular complexity index is 906. The SMILES string of the molecule is CC(C)CC(C)N[C@H]1CCCCC[C@H](n2c(=O)c(C(=O)O)nc3ccccc32)C1. The van der Waals surface area contributed by atoms with E-state index in [9.17, 15) is 14.7 Å². The molecule has 3 atom stereocenters. The van der Waals surface area contributed by atoms with Gasteiger partial charge in [0.25, 0.3) is 5.56 Å². The van der Waals surface area contributed by atoms with Gasteiger partial charge in [-0.25, -0.2) is 9.78 Å². The Kier molecular flexibility index (Phi) is 7.06. The van der Waals surface area contributed by atoms with Crippen LogP contribution in [0.15, 0.2) is 29.1 Å². The summed E-state index contributed by atoms with van der Waals surface area (Å²) in [6.45, 7) is 6.69. The molecule has 2 N–H and O–H groups in total. The average molecular weight is 400 g/mol. The molecule has 29 heavy (non-hydrogen) atoms. The molecule has 0 bridgehead atoms. The normalized spacial score (nSPS) is 21.7. The minimum absolute atomic E-state index is 0.0300. The molecule has 0 radical (unpaired) electrons. The second-order valence-corrected chi connectivity index (χ2v) is 8.85. The zero-order valence-electron chi connectivity index (χ0n) is 17.7. The Morgan fingerprint density at radius 3 is 2.66 bits per heavy atom. The van der Waals surface area contributed by atoms with Crippen molar-refractivity contribution in [1.82, 2.24) is 14.9 Å². The van der Waals surface area contributed by atoms with Crippen molar-refractivity contribution in [2.45, 2.75) is 83.8 Å². The van der Waals surface area contributed by atoms with Gasteiger partial charge >= 0.3 is 5.97 Å². The summed E-state index contributed by atoms with van der Waals surface area (Å²) in [4.78, 5) is 28.9. The van der Waals surface area contributed by atoms with Gasteiger partial charge in [0.1, 0.15) is 0 Å². The summed E-state index contributed by atoms with van der Waals surface area (Å²) in [5, 5.41) is 13.3. The van der Waals surface area contributed by atoms with E-state index in [-0.39, 0.29) is 11.7 Å². The molecule has 1 unspecified atom stereocenters. The largest absolute Gasteiger partial charge is 0.476 e. The third-order valence-electron chi connectivity index (χ3n) is 5.85. The number of aromatic nitrogens is 2. The molecule has 1 saturated carbocycles. The molecule has 1 aliphatic carbocycles. The second-order valence-electron chi connectivity index (χ2n) is 8.85. The summed E-state index contributed by atoms with van der Waals surface area (Å²) in [5.74, 6) is -0.632. The first-order valence-corrected chi connectivity index (χ1v) is 10.9. The molecule has 1 aromatic carbocycles. The predicted molar refractivity (Wildman–Crippen MR) is 116 cm³/mol. The van der Waals surface area contributed by atoms with E-state index >= 15 is 0 Å². The van der Waals surface area contributed by atoms with Crippen LogP contribution in [0.25, 0.3) is 11.0 Å². The zero-order valence-corrected chi connectivity index (χ0v) is 17.7. The molecule has 0 aliphatic heterocycles. The molecular formula is C23H33N3O3. The lowest BCUT2D eigenvalue weighted by atomic mass is 9.91. The number of para-hydroxylation sites is 2. The highest BCUT2D eigenvalue weighted by Crippen LogP contribution is 2.29. The minimum atomic E-state index is -1.26. The van der Waals surface area contributed by atoms with Crippen LogP contribution in [0.2, 0.25) is 0 Å². The van der Waals surface area contributed by atoms with E-state index in [1.807, 2.05) is 18.2 Å². The number of nitrogens with one attached hydrogen (secondary N) is 1. The van der Waals surface area contributed by atoms with Crippen molar-refractivity contribution < 1.29 is 9.90 Å². The second kappa shape index (κ2) is 9.53. The van der Waals surface area contributed by atoms with Gasteiger partial charge in [0, 0.05) is 18.1 Å². The van der Waals surface area contributed by atoms with Crippen LogP contribution in [0.4, 0.5) is 0 Å². The lowest BCUT2D eigenvalue weighted by Crippen LogP contribution is -2.41. The number of fused-ring (bicyclic) bond motifs is 1. The Labute approximate surface area is 172 Å². The Morgan fingerprint density at radius 1 is 1.21 bits per heavy atom. The number of nitrogens with zero attached hydrogens (tertiary/aromatic N) is 2. The number of hydrogen-bond donors (Lipinski definition) is 2. The highest BCUT2D eigenvalue weighted by Gasteiger charge is 2.26. The van der Waals surface area contributed by atoms with Crippen LogP contribution in [0.5, 0.6) is 0 Å². The van der Waals surface area contributed by atoms with E-state index in [0.29, 0.717) is 23.5 Å². The Balaban J connectivity index is 1.98. The van der Waals surface area contributed by atoms with E-state index in [1.165, 1.54) is 6.42 Å². The Hall–Kier alpha value is -2.21. The van der Waals surface area contributed by atoms with Gasteiger partial charge in [-0.3, -0.25) is 4.79 Å². The van der Waals surface area contributed by atoms with Crippen molar-refractivity contribution in [2.24, 2.45) is 5.92 Å². The fourth-order valence-electron chi connectivity index (χ4n) is 4.73. The molecule has 6 heteroatoms. The van der Waals surface area contributed by atoms with Crippen molar-refractivity contribution in [2.75, 3.05) is 0 Å². The van der Waals surface area contributed by atoms with Crippen LogP contribution in [-0.4, -0.2) is 32.7 Å². The first kappa shape index (κ1) is 21.5. The van der Waals surface area contributed by atoms with Crippen molar-refractivity contribution >= 4 is 17.0 Å². The standard InChI is InChI=1S/C23H33N3O3/c1-15(2)13-16(3)24-17-9-5-4-6-10-18(14-17)26-20-12-8-7-11-19(20)25-21(22(26)27)23(28)29/h7-8,11-12,15-18,24H,4-6,9-10,13-14H2,1-3H3,(H,28,29)/t16?,17-,18-/m0/s1. The Morgan fingerprint density at radius 2 is 1.93 bits per heavy atom. The molecule has 0 spiro atoms. The lowest BCUT2D eigenvalue weighted by Gasteiger charge is -2.31. The number of hydrogen-bond acceptors (Lipinski definition) is 4. The number of rotatable bonds is 6. The number of carbonyl (C=O) groups is 1. The molecule has 0 amide bonds. The molecular weight excluding hydrogens is 366 g/mol. The molecule has 1 fully saturated rings. The maximum atomic E-state index is 13.1. The van der Waals surface area contributed by atoms with Gasteiger partial charge in [-0.2, -0.15) is 0 Å². The summed E-state index contributed by atoms with van der Waals surface area (Å²) >= 11 is 0. The van der Waals surface area contributed by atoms with Gasteiger partial charge < -0.3 is 15.0 Å². The van der Waals surface area contributed by atoms with E-state index < -0.39 is 11.5 Å². The first-order chi connectivity index (χ1) is 13.9. The third-order valence-corrected chi connectivity index (χ3v) is 5.85. The topological polar surface area (TPSA) is 84.2 Å². The van der Waals surface area contributed by atoms with Gasteiger partial charge in [0.2, 0.25) is 5.69 Å². The maximum absolute atomic E-state index is 13.1. The summed E-state index contributed by atoms with van der Waals surface area (Å²) in [7, 11) is 0. The van der Waals surface area contributed by atoms with E-state index in [4.69, 9.17) is 0 Å². The summed E-state index contributed by atoms with van der Waals surface area (Å²) < 4.78 is 1.71. The van der Waals surface area contributed by atoms with Gasteiger partial charge in [0.15, 0.2) is 0 Å². The molecule has 6 nitrogen and oxygen atoms in total. The monoisotopic (exact) mass is 399 g/mol. The molecule has 1 heterocycles. The van der Waals surface area contributed by atoms with Crippen LogP contribution < -0.4 is 10.9 Å². The fourth-order valence-corrected chi connectivity index (χ4v) is 4.73. The summed E-state index contributed by atoms with van der Waals surface area (Å²) in [5.41, 5.74) is 0.408. The summed E-state index contributed by atoms with van der Waals surface area (Å²) in [6, 6.07) is 8.06.